The first-order valence-corrected chi connectivity index (χ1v) is 6.96. The molecule has 1 fully saturated rings. The normalized spacial score (nSPS) is 23.7. The minimum absolute atomic E-state index is 0.368. The van der Waals surface area contributed by atoms with Gasteiger partial charge in [0.2, 0.25) is 0 Å². The maximum absolute atomic E-state index is 5.81. The summed E-state index contributed by atoms with van der Waals surface area (Å²) >= 11 is 2.00. The molecule has 1 saturated heterocycles. The van der Waals surface area contributed by atoms with Crippen molar-refractivity contribution in [3.8, 4) is 0 Å². The van der Waals surface area contributed by atoms with E-state index in [-0.39, 0.29) is 0 Å². The quantitative estimate of drug-likeness (QED) is 0.707. The Kier molecular flexibility index (Phi) is 6.37. The number of hydrogen-bond acceptors (Lipinski definition) is 3. The van der Waals surface area contributed by atoms with Crippen LogP contribution in [0.15, 0.2) is 12.2 Å². The molecule has 1 heterocycles. The molecule has 0 spiro atoms. The van der Waals surface area contributed by atoms with Crippen molar-refractivity contribution < 1.29 is 4.74 Å². The zero-order valence-corrected chi connectivity index (χ0v) is 10.7. The average molecular weight is 229 g/mol. The largest absolute Gasteiger partial charge is 0.375 e. The van der Waals surface area contributed by atoms with Crippen LogP contribution >= 0.6 is 11.8 Å². The van der Waals surface area contributed by atoms with Gasteiger partial charge in [-0.2, -0.15) is 11.8 Å². The second kappa shape index (κ2) is 7.31. The van der Waals surface area contributed by atoms with Gasteiger partial charge in [0, 0.05) is 17.5 Å². The van der Waals surface area contributed by atoms with E-state index in [0.29, 0.717) is 12.1 Å². The molecule has 1 N–H and O–H groups in total. The number of ether oxygens (including phenoxy) is 1. The Morgan fingerprint density at radius 3 is 3.00 bits per heavy atom. The van der Waals surface area contributed by atoms with Crippen LogP contribution in [0.1, 0.15) is 26.7 Å². The van der Waals surface area contributed by atoms with Crippen LogP contribution in [0.3, 0.4) is 0 Å². The molecule has 0 aromatic carbocycles. The fourth-order valence-corrected chi connectivity index (χ4v) is 2.72. The topological polar surface area (TPSA) is 21.3 Å². The van der Waals surface area contributed by atoms with E-state index < -0.39 is 0 Å². The predicted octanol–water partition coefficient (Wildman–Crippen LogP) is 2.45. The summed E-state index contributed by atoms with van der Waals surface area (Å²) in [6.07, 6.45) is 2.57. The number of thioether (sulfide) groups is 1. The molecule has 0 amide bonds. The molecule has 1 aliphatic rings. The molecule has 0 bridgehead atoms. The molecule has 88 valence electrons. The molecule has 0 aliphatic carbocycles. The summed E-state index contributed by atoms with van der Waals surface area (Å²) in [7, 11) is 0. The van der Waals surface area contributed by atoms with Gasteiger partial charge in [-0.25, -0.2) is 0 Å². The molecule has 1 aliphatic heterocycles. The molecule has 2 nitrogen and oxygen atoms in total. The minimum Gasteiger partial charge on any atom is -0.375 e. The maximum atomic E-state index is 5.81. The number of nitrogens with one attached hydrogen (secondary N) is 1. The standard InChI is InChI=1S/C12H23NOS/c1-4-5-13-11(8-10(2)3)12-9-15-7-6-14-12/h11-13H,2,4-9H2,1,3H3. The minimum atomic E-state index is 0.368. The molecule has 2 atom stereocenters. The van der Waals surface area contributed by atoms with Gasteiger partial charge < -0.3 is 10.1 Å². The van der Waals surface area contributed by atoms with Crippen LogP contribution in [0.4, 0.5) is 0 Å². The fourth-order valence-electron chi connectivity index (χ4n) is 1.78. The van der Waals surface area contributed by atoms with Crippen molar-refractivity contribution in [2.75, 3.05) is 24.7 Å². The third kappa shape index (κ3) is 5.05. The summed E-state index contributed by atoms with van der Waals surface area (Å²) in [5.74, 6) is 2.26. The highest BCUT2D eigenvalue weighted by molar-refractivity contribution is 7.99. The van der Waals surface area contributed by atoms with Gasteiger partial charge in [0.15, 0.2) is 0 Å². The van der Waals surface area contributed by atoms with Crippen LogP contribution in [0.5, 0.6) is 0 Å². The third-order valence-corrected chi connectivity index (χ3v) is 3.53. The van der Waals surface area contributed by atoms with Crippen LogP contribution in [0.2, 0.25) is 0 Å². The zero-order chi connectivity index (χ0) is 11.1. The average Bonchev–Trinajstić information content (AvgIpc) is 2.25. The summed E-state index contributed by atoms with van der Waals surface area (Å²) < 4.78 is 5.81. The highest BCUT2D eigenvalue weighted by Gasteiger charge is 2.23. The molecule has 0 saturated carbocycles. The van der Waals surface area contributed by atoms with Crippen molar-refractivity contribution >= 4 is 11.8 Å². The maximum Gasteiger partial charge on any atom is 0.0821 e. The van der Waals surface area contributed by atoms with E-state index in [1.165, 1.54) is 12.0 Å². The Hall–Kier alpha value is 0.01000. The molecule has 0 aromatic heterocycles. The second-order valence-electron chi connectivity index (χ2n) is 4.21. The summed E-state index contributed by atoms with van der Waals surface area (Å²) in [4.78, 5) is 0. The van der Waals surface area contributed by atoms with Gasteiger partial charge in [-0.15, -0.1) is 6.58 Å². The smallest absolute Gasteiger partial charge is 0.0821 e. The van der Waals surface area contributed by atoms with Crippen molar-refractivity contribution in [2.24, 2.45) is 0 Å². The molecule has 3 heteroatoms. The lowest BCUT2D eigenvalue weighted by molar-refractivity contribution is 0.0472. The Balaban J connectivity index is 2.41. The van der Waals surface area contributed by atoms with E-state index in [1.54, 1.807) is 0 Å². The van der Waals surface area contributed by atoms with Crippen molar-refractivity contribution in [1.82, 2.24) is 5.32 Å². The second-order valence-corrected chi connectivity index (χ2v) is 5.36. The van der Waals surface area contributed by atoms with E-state index >= 15 is 0 Å². The van der Waals surface area contributed by atoms with Crippen LogP contribution < -0.4 is 5.32 Å². The lowest BCUT2D eigenvalue weighted by Crippen LogP contribution is -2.45. The highest BCUT2D eigenvalue weighted by atomic mass is 32.2. The van der Waals surface area contributed by atoms with Crippen LogP contribution in [-0.2, 0) is 4.74 Å². The first-order chi connectivity index (χ1) is 7.24. The van der Waals surface area contributed by atoms with Gasteiger partial charge in [-0.3, -0.25) is 0 Å². The van der Waals surface area contributed by atoms with Crippen LogP contribution in [0.25, 0.3) is 0 Å². The molecule has 2 unspecified atom stereocenters. The fraction of sp³-hybridized carbons (Fsp3) is 0.833. The Bertz CT molecular complexity index is 190. The van der Waals surface area contributed by atoms with Gasteiger partial charge in [0.05, 0.1) is 12.7 Å². The van der Waals surface area contributed by atoms with E-state index in [1.807, 2.05) is 11.8 Å². The van der Waals surface area contributed by atoms with Crippen molar-refractivity contribution in [3.63, 3.8) is 0 Å². The van der Waals surface area contributed by atoms with Crippen molar-refractivity contribution in [3.05, 3.63) is 12.2 Å². The molecular weight excluding hydrogens is 206 g/mol. The van der Waals surface area contributed by atoms with Crippen LogP contribution in [-0.4, -0.2) is 36.8 Å². The van der Waals surface area contributed by atoms with Crippen LogP contribution in [0, 0.1) is 0 Å². The SMILES string of the molecule is C=C(C)CC(NCCC)C1CSCCO1. The van der Waals surface area contributed by atoms with E-state index in [4.69, 9.17) is 4.74 Å². The lowest BCUT2D eigenvalue weighted by Gasteiger charge is -2.31. The summed E-state index contributed by atoms with van der Waals surface area (Å²) in [5.41, 5.74) is 1.24. The molecule has 15 heavy (non-hydrogen) atoms. The third-order valence-electron chi connectivity index (χ3n) is 2.52. The molecular formula is C12H23NOS. The first kappa shape index (κ1) is 13.1. The molecule has 0 aromatic rings. The van der Waals surface area contributed by atoms with Gasteiger partial charge >= 0.3 is 0 Å². The Labute approximate surface area is 97.8 Å². The zero-order valence-electron chi connectivity index (χ0n) is 9.92. The number of hydrogen-bond donors (Lipinski definition) is 1. The monoisotopic (exact) mass is 229 g/mol. The Morgan fingerprint density at radius 1 is 1.67 bits per heavy atom. The van der Waals surface area contributed by atoms with Gasteiger partial charge in [0.1, 0.15) is 0 Å². The van der Waals surface area contributed by atoms with E-state index in [2.05, 4.69) is 25.7 Å². The molecule has 1 rings (SSSR count). The van der Waals surface area contributed by atoms with Gasteiger partial charge in [0.25, 0.3) is 0 Å². The van der Waals surface area contributed by atoms with E-state index in [9.17, 15) is 0 Å². The van der Waals surface area contributed by atoms with E-state index in [0.717, 1.165) is 31.1 Å². The molecule has 0 radical (unpaired) electrons. The van der Waals surface area contributed by atoms with Gasteiger partial charge in [-0.05, 0) is 26.3 Å². The highest BCUT2D eigenvalue weighted by Crippen LogP contribution is 2.19. The Morgan fingerprint density at radius 2 is 2.47 bits per heavy atom. The predicted molar refractivity (Wildman–Crippen MR) is 68.6 cm³/mol. The summed E-state index contributed by atoms with van der Waals surface area (Å²) in [5, 5.41) is 3.57. The van der Waals surface area contributed by atoms with Crippen molar-refractivity contribution in [1.29, 1.82) is 0 Å². The first-order valence-electron chi connectivity index (χ1n) is 5.81. The summed E-state index contributed by atoms with van der Waals surface area (Å²) in [6.45, 7) is 10.3. The lowest BCUT2D eigenvalue weighted by atomic mass is 10.0. The summed E-state index contributed by atoms with van der Waals surface area (Å²) in [6, 6.07) is 0.454. The van der Waals surface area contributed by atoms with Crippen molar-refractivity contribution in [2.45, 2.75) is 38.8 Å². The van der Waals surface area contributed by atoms with Gasteiger partial charge in [-0.1, -0.05) is 12.5 Å². The number of rotatable bonds is 6.